The lowest BCUT2D eigenvalue weighted by molar-refractivity contribution is 0.896. The molecule has 0 aliphatic carbocycles. The first-order valence-corrected chi connectivity index (χ1v) is 10.9. The molecular weight excluding hydrogens is 388 g/mol. The number of hydrogen-bond donors (Lipinski definition) is 1. The number of imidazole rings is 1. The third-order valence-electron chi connectivity index (χ3n) is 4.91. The summed E-state index contributed by atoms with van der Waals surface area (Å²) in [6.45, 7) is 4.24. The van der Waals surface area contributed by atoms with Gasteiger partial charge < -0.3 is 9.72 Å². The molecule has 0 saturated heterocycles. The first kappa shape index (κ1) is 18.6. The molecule has 0 bridgehead atoms. The Bertz CT molecular complexity index is 1290. The summed E-state index contributed by atoms with van der Waals surface area (Å²) in [6.07, 6.45) is 6.20. The van der Waals surface area contributed by atoms with E-state index in [1.807, 2.05) is 30.5 Å². The summed E-state index contributed by atoms with van der Waals surface area (Å²) in [4.78, 5) is 10.7. The molecular formula is C25H22N4S. The molecule has 4 nitrogen and oxygen atoms in total. The van der Waals surface area contributed by atoms with Crippen LogP contribution in [-0.4, -0.2) is 20.4 Å². The molecule has 30 heavy (non-hydrogen) atoms. The average Bonchev–Trinajstić information content (AvgIpc) is 3.41. The van der Waals surface area contributed by atoms with Gasteiger partial charge in [-0.05, 0) is 25.5 Å². The van der Waals surface area contributed by atoms with Gasteiger partial charge in [0, 0.05) is 41.3 Å². The number of anilines is 1. The molecule has 0 atom stereocenters. The van der Waals surface area contributed by atoms with Crippen LogP contribution in [0.25, 0.3) is 38.5 Å². The van der Waals surface area contributed by atoms with Crippen LogP contribution in [-0.2, 0) is 0 Å². The van der Waals surface area contributed by atoms with Crippen LogP contribution in [0.2, 0.25) is 0 Å². The molecule has 5 aromatic rings. The topological polar surface area (TPSA) is 42.2 Å². The van der Waals surface area contributed by atoms with E-state index in [0.717, 1.165) is 43.6 Å². The Hall–Kier alpha value is -3.44. The van der Waals surface area contributed by atoms with Crippen LogP contribution in [0, 0.1) is 0 Å². The van der Waals surface area contributed by atoms with Gasteiger partial charge in [-0.2, -0.15) is 0 Å². The van der Waals surface area contributed by atoms with Crippen molar-refractivity contribution in [2.45, 2.75) is 19.9 Å². The Morgan fingerprint density at radius 2 is 1.57 bits per heavy atom. The van der Waals surface area contributed by atoms with Crippen molar-refractivity contribution >= 4 is 22.1 Å². The second-order valence-electron chi connectivity index (χ2n) is 7.56. The van der Waals surface area contributed by atoms with E-state index in [4.69, 9.17) is 4.98 Å². The quantitative estimate of drug-likeness (QED) is 0.354. The number of rotatable bonds is 5. The van der Waals surface area contributed by atoms with E-state index in [9.17, 15) is 0 Å². The molecule has 148 valence electrons. The van der Waals surface area contributed by atoms with Crippen LogP contribution in [0.3, 0.4) is 0 Å². The molecule has 3 heterocycles. The van der Waals surface area contributed by atoms with Gasteiger partial charge in [-0.1, -0.05) is 72.0 Å². The minimum atomic E-state index is 0.355. The molecule has 0 unspecified atom stereocenters. The molecule has 5 rings (SSSR count). The average molecular weight is 411 g/mol. The Morgan fingerprint density at radius 1 is 0.867 bits per heavy atom. The van der Waals surface area contributed by atoms with Crippen LogP contribution >= 0.6 is 11.3 Å². The summed E-state index contributed by atoms with van der Waals surface area (Å²) in [6, 6.07) is 23.3. The monoisotopic (exact) mass is 410 g/mol. The van der Waals surface area contributed by atoms with Crippen LogP contribution in [0.1, 0.15) is 13.8 Å². The fraction of sp³-hybridized carbons (Fsp3) is 0.120. The van der Waals surface area contributed by atoms with Crippen LogP contribution < -0.4 is 5.32 Å². The standard InChI is InChI=1S/C25H22N4S/c1-17(2)27-25-26-14-23(30-25)20-13-21(18-9-5-3-6-10-18)24-28-22(16-29(24)15-20)19-11-7-4-8-12-19/h3-17H,1-2H3,(H,26,27). The van der Waals surface area contributed by atoms with Crippen LogP contribution in [0.4, 0.5) is 5.13 Å². The Balaban J connectivity index is 1.68. The van der Waals surface area contributed by atoms with Crippen molar-refractivity contribution in [1.82, 2.24) is 14.4 Å². The molecule has 0 fully saturated rings. The molecule has 2 aromatic carbocycles. The zero-order valence-electron chi connectivity index (χ0n) is 16.9. The second-order valence-corrected chi connectivity index (χ2v) is 8.59. The van der Waals surface area contributed by atoms with Crippen LogP contribution in [0.5, 0.6) is 0 Å². The van der Waals surface area contributed by atoms with Crippen molar-refractivity contribution in [1.29, 1.82) is 0 Å². The van der Waals surface area contributed by atoms with Crippen molar-refractivity contribution in [3.63, 3.8) is 0 Å². The predicted octanol–water partition coefficient (Wildman–Crippen LogP) is 6.61. The third-order valence-corrected chi connectivity index (χ3v) is 5.89. The van der Waals surface area contributed by atoms with Crippen molar-refractivity contribution in [2.24, 2.45) is 0 Å². The van der Waals surface area contributed by atoms with Gasteiger partial charge in [0.25, 0.3) is 0 Å². The molecule has 1 N–H and O–H groups in total. The third kappa shape index (κ3) is 3.60. The number of benzene rings is 2. The fourth-order valence-corrected chi connectivity index (χ4v) is 4.48. The normalized spacial score (nSPS) is 11.3. The number of pyridine rings is 1. The van der Waals surface area contributed by atoms with E-state index in [2.05, 4.69) is 83.4 Å². The number of nitrogens with zero attached hydrogens (tertiary/aromatic N) is 3. The molecule has 0 amide bonds. The molecule has 3 aromatic heterocycles. The van der Waals surface area contributed by atoms with Crippen molar-refractivity contribution in [3.8, 4) is 32.8 Å². The minimum Gasteiger partial charge on any atom is -0.359 e. The van der Waals surface area contributed by atoms with Gasteiger partial charge in [-0.25, -0.2) is 9.97 Å². The van der Waals surface area contributed by atoms with E-state index in [-0.39, 0.29) is 0 Å². The van der Waals surface area contributed by atoms with E-state index in [0.29, 0.717) is 6.04 Å². The van der Waals surface area contributed by atoms with Gasteiger partial charge in [0.1, 0.15) is 5.65 Å². The van der Waals surface area contributed by atoms with Crippen molar-refractivity contribution in [2.75, 3.05) is 5.32 Å². The maximum Gasteiger partial charge on any atom is 0.183 e. The summed E-state index contributed by atoms with van der Waals surface area (Å²) < 4.78 is 2.13. The van der Waals surface area contributed by atoms with Gasteiger partial charge in [0.05, 0.1) is 10.6 Å². The zero-order valence-corrected chi connectivity index (χ0v) is 17.7. The molecule has 0 aliphatic heterocycles. The Labute approximate surface area is 179 Å². The van der Waals surface area contributed by atoms with E-state index in [1.54, 1.807) is 11.3 Å². The second kappa shape index (κ2) is 7.76. The molecule has 0 aliphatic rings. The highest BCUT2D eigenvalue weighted by Gasteiger charge is 2.14. The maximum atomic E-state index is 4.98. The van der Waals surface area contributed by atoms with Gasteiger partial charge in [-0.15, -0.1) is 0 Å². The summed E-state index contributed by atoms with van der Waals surface area (Å²) in [7, 11) is 0. The van der Waals surface area contributed by atoms with Crippen molar-refractivity contribution in [3.05, 3.63) is 85.3 Å². The molecule has 0 radical (unpaired) electrons. The minimum absolute atomic E-state index is 0.355. The first-order chi connectivity index (χ1) is 14.7. The lowest BCUT2D eigenvalue weighted by Crippen LogP contribution is -2.08. The molecule has 0 saturated carbocycles. The molecule has 0 spiro atoms. The highest BCUT2D eigenvalue weighted by molar-refractivity contribution is 7.18. The summed E-state index contributed by atoms with van der Waals surface area (Å²) in [5, 5.41) is 4.33. The van der Waals surface area contributed by atoms with E-state index >= 15 is 0 Å². The van der Waals surface area contributed by atoms with Gasteiger partial charge in [-0.3, -0.25) is 0 Å². The maximum absolute atomic E-state index is 4.98. The SMILES string of the molecule is CC(C)Nc1ncc(-c2cc(-c3ccccc3)c3nc(-c4ccccc4)cn3c2)s1. The summed E-state index contributed by atoms with van der Waals surface area (Å²) in [5.41, 5.74) is 6.43. The summed E-state index contributed by atoms with van der Waals surface area (Å²) in [5.74, 6) is 0. The predicted molar refractivity (Wildman–Crippen MR) is 126 cm³/mol. The van der Waals surface area contributed by atoms with Crippen LogP contribution in [0.15, 0.2) is 85.3 Å². The Kier molecular flexibility index (Phi) is 4.81. The Morgan fingerprint density at radius 3 is 2.27 bits per heavy atom. The highest BCUT2D eigenvalue weighted by atomic mass is 32.1. The lowest BCUT2D eigenvalue weighted by atomic mass is 10.0. The highest BCUT2D eigenvalue weighted by Crippen LogP contribution is 2.35. The van der Waals surface area contributed by atoms with Gasteiger partial charge in [0.15, 0.2) is 5.13 Å². The van der Waals surface area contributed by atoms with Gasteiger partial charge in [0.2, 0.25) is 0 Å². The van der Waals surface area contributed by atoms with Gasteiger partial charge >= 0.3 is 0 Å². The number of thiazole rings is 1. The number of nitrogens with one attached hydrogen (secondary N) is 1. The number of fused-ring (bicyclic) bond motifs is 1. The van der Waals surface area contributed by atoms with E-state index < -0.39 is 0 Å². The lowest BCUT2D eigenvalue weighted by Gasteiger charge is -2.07. The molecule has 5 heteroatoms. The smallest absolute Gasteiger partial charge is 0.183 e. The largest absolute Gasteiger partial charge is 0.359 e. The van der Waals surface area contributed by atoms with E-state index in [1.165, 1.54) is 0 Å². The number of aromatic nitrogens is 3. The fourth-order valence-electron chi connectivity index (χ4n) is 3.53. The summed E-state index contributed by atoms with van der Waals surface area (Å²) >= 11 is 1.67. The zero-order chi connectivity index (χ0) is 20.5. The first-order valence-electron chi connectivity index (χ1n) is 10.0. The number of hydrogen-bond acceptors (Lipinski definition) is 4. The van der Waals surface area contributed by atoms with Crippen molar-refractivity contribution < 1.29 is 0 Å².